The van der Waals surface area contributed by atoms with E-state index in [4.69, 9.17) is 0 Å². The monoisotopic (exact) mass is 522 g/mol. The lowest BCUT2D eigenvalue weighted by Crippen LogP contribution is -2.23. The number of ether oxygens (including phenoxy) is 1. The van der Waals surface area contributed by atoms with Crippen LogP contribution >= 0.6 is 0 Å². The Hall–Kier alpha value is -3.88. The number of halogens is 8. The molecule has 4 aromatic carbocycles. The summed E-state index contributed by atoms with van der Waals surface area (Å²) in [5.41, 5.74) is -1.15. The van der Waals surface area contributed by atoms with Crippen LogP contribution in [0.1, 0.15) is 24.5 Å². The fourth-order valence-electron chi connectivity index (χ4n) is 3.86. The smallest absolute Gasteiger partial charge is 0.429 e. The summed E-state index contributed by atoms with van der Waals surface area (Å²) in [4.78, 5) is 0. The summed E-state index contributed by atoms with van der Waals surface area (Å²) in [7, 11) is 0. The van der Waals surface area contributed by atoms with Crippen molar-refractivity contribution in [3.8, 4) is 28.0 Å². The van der Waals surface area contributed by atoms with Gasteiger partial charge < -0.3 is 4.74 Å². The van der Waals surface area contributed by atoms with E-state index in [1.807, 2.05) is 6.92 Å². The minimum Gasteiger partial charge on any atom is -0.429 e. The largest absolute Gasteiger partial charge is 0.429 e. The van der Waals surface area contributed by atoms with Gasteiger partial charge in [0.1, 0.15) is 23.2 Å². The fourth-order valence-corrected chi connectivity index (χ4v) is 3.86. The van der Waals surface area contributed by atoms with Crippen molar-refractivity contribution in [2.45, 2.75) is 25.9 Å². The van der Waals surface area contributed by atoms with Gasteiger partial charge in [-0.1, -0.05) is 31.5 Å². The van der Waals surface area contributed by atoms with Crippen molar-refractivity contribution in [2.24, 2.45) is 0 Å². The second-order valence-corrected chi connectivity index (χ2v) is 8.27. The molecule has 0 spiro atoms. The van der Waals surface area contributed by atoms with Crippen LogP contribution < -0.4 is 4.74 Å². The first-order chi connectivity index (χ1) is 17.5. The summed E-state index contributed by atoms with van der Waals surface area (Å²) in [6.45, 7) is 1.93. The van der Waals surface area contributed by atoms with E-state index >= 15 is 0 Å². The molecule has 4 aromatic rings. The molecule has 192 valence electrons. The lowest BCUT2D eigenvalue weighted by molar-refractivity contribution is -0.187. The zero-order valence-electron chi connectivity index (χ0n) is 19.2. The van der Waals surface area contributed by atoms with Crippen LogP contribution in [0.25, 0.3) is 22.3 Å². The van der Waals surface area contributed by atoms with Gasteiger partial charge in [0.05, 0.1) is 5.56 Å². The molecule has 0 radical (unpaired) electrons. The molecule has 0 amide bonds. The molecule has 0 saturated heterocycles. The Kier molecular flexibility index (Phi) is 7.25. The first-order valence-corrected chi connectivity index (χ1v) is 11.1. The SMILES string of the molecule is CCCc1ccc(-c2ccc(C(F)(F)Oc3ccc(-c4cc(F)c(F)c(F)c4)c(F)c3)c(F)c2)c(F)c1. The lowest BCUT2D eigenvalue weighted by Gasteiger charge is -2.20. The highest BCUT2D eigenvalue weighted by Crippen LogP contribution is 2.37. The molecular weight excluding hydrogens is 504 g/mol. The molecule has 0 N–H and O–H groups in total. The number of aryl methyl sites for hydroxylation is 1. The maximum absolute atomic E-state index is 14.8. The van der Waals surface area contributed by atoms with Gasteiger partial charge in [-0.15, -0.1) is 0 Å². The highest BCUT2D eigenvalue weighted by Gasteiger charge is 2.38. The van der Waals surface area contributed by atoms with Gasteiger partial charge in [0, 0.05) is 17.2 Å². The van der Waals surface area contributed by atoms with E-state index in [0.29, 0.717) is 24.6 Å². The van der Waals surface area contributed by atoms with Crippen molar-refractivity contribution >= 4 is 0 Å². The predicted octanol–water partition coefficient (Wildman–Crippen LogP) is 8.94. The highest BCUT2D eigenvalue weighted by molar-refractivity contribution is 5.66. The molecule has 4 rings (SSSR count). The second kappa shape index (κ2) is 10.2. The van der Waals surface area contributed by atoms with Crippen LogP contribution in [0.4, 0.5) is 35.1 Å². The van der Waals surface area contributed by atoms with Gasteiger partial charge in [-0.2, -0.15) is 8.78 Å². The van der Waals surface area contributed by atoms with Crippen LogP contribution in [-0.2, 0) is 12.5 Å². The quantitative estimate of drug-likeness (QED) is 0.174. The predicted molar refractivity (Wildman–Crippen MR) is 122 cm³/mol. The molecule has 37 heavy (non-hydrogen) atoms. The molecule has 1 nitrogen and oxygen atoms in total. The third-order valence-electron chi connectivity index (χ3n) is 5.65. The molecule has 0 fully saturated rings. The number of rotatable bonds is 7. The van der Waals surface area contributed by atoms with Gasteiger partial charge in [0.25, 0.3) is 0 Å². The summed E-state index contributed by atoms with van der Waals surface area (Å²) in [6.07, 6.45) is -2.81. The summed E-state index contributed by atoms with van der Waals surface area (Å²) in [6, 6.07) is 10.4. The number of hydrogen-bond donors (Lipinski definition) is 0. The molecule has 0 saturated carbocycles. The lowest BCUT2D eigenvalue weighted by atomic mass is 10.00. The standard InChI is InChI=1S/C28H18F8O/c1-2-3-15-4-7-19(22(29)10-15)16-5-9-21(24(31)11-16)28(35,36)37-18-6-8-20(23(30)14-18)17-12-25(32)27(34)26(33)13-17/h4-14H,2-3H2,1H3. The van der Waals surface area contributed by atoms with Gasteiger partial charge in [-0.25, -0.2) is 26.3 Å². The normalized spacial score (nSPS) is 11.6. The van der Waals surface area contributed by atoms with Gasteiger partial charge >= 0.3 is 6.11 Å². The Morgan fingerprint density at radius 1 is 0.622 bits per heavy atom. The molecule has 0 unspecified atom stereocenters. The molecular formula is C28H18F8O. The highest BCUT2D eigenvalue weighted by atomic mass is 19.3. The Balaban J connectivity index is 1.58. The van der Waals surface area contributed by atoms with Crippen LogP contribution in [0.5, 0.6) is 5.75 Å². The third-order valence-corrected chi connectivity index (χ3v) is 5.65. The minimum absolute atomic E-state index is 0.0286. The van der Waals surface area contributed by atoms with Gasteiger partial charge in [0.2, 0.25) is 0 Å². The molecule has 0 aromatic heterocycles. The summed E-state index contributed by atoms with van der Waals surface area (Å²) in [5, 5.41) is 0. The van der Waals surface area contributed by atoms with Crippen molar-refractivity contribution in [1.29, 1.82) is 0 Å². The number of benzene rings is 4. The summed E-state index contributed by atoms with van der Waals surface area (Å²) in [5.74, 6) is -8.78. The average molecular weight is 522 g/mol. The van der Waals surface area contributed by atoms with Gasteiger partial charge in [-0.3, -0.25) is 0 Å². The minimum atomic E-state index is -4.26. The van der Waals surface area contributed by atoms with Crippen molar-refractivity contribution in [1.82, 2.24) is 0 Å². The van der Waals surface area contributed by atoms with E-state index in [-0.39, 0.29) is 16.7 Å². The van der Waals surface area contributed by atoms with Crippen LogP contribution in [-0.4, -0.2) is 0 Å². The topological polar surface area (TPSA) is 9.23 Å². The van der Waals surface area contributed by atoms with Crippen LogP contribution in [0.3, 0.4) is 0 Å². The van der Waals surface area contributed by atoms with E-state index in [2.05, 4.69) is 4.74 Å². The van der Waals surface area contributed by atoms with Gasteiger partial charge in [0.15, 0.2) is 17.5 Å². The molecule has 0 aliphatic heterocycles. The molecule has 0 atom stereocenters. The Morgan fingerprint density at radius 2 is 1.22 bits per heavy atom. The van der Waals surface area contributed by atoms with Crippen molar-refractivity contribution in [3.63, 3.8) is 0 Å². The van der Waals surface area contributed by atoms with Gasteiger partial charge in [-0.05, 0) is 65.6 Å². The first-order valence-electron chi connectivity index (χ1n) is 11.1. The van der Waals surface area contributed by atoms with E-state index in [1.165, 1.54) is 12.1 Å². The van der Waals surface area contributed by atoms with E-state index in [0.717, 1.165) is 42.3 Å². The van der Waals surface area contributed by atoms with Crippen molar-refractivity contribution in [3.05, 3.63) is 113 Å². The van der Waals surface area contributed by atoms with E-state index in [1.54, 1.807) is 6.07 Å². The van der Waals surface area contributed by atoms with Crippen LogP contribution in [0.15, 0.2) is 66.7 Å². The molecule has 0 heterocycles. The summed E-state index contributed by atoms with van der Waals surface area (Å²) < 4.78 is 118. The Labute approximate surface area is 207 Å². The van der Waals surface area contributed by atoms with E-state index < -0.39 is 57.9 Å². The zero-order valence-corrected chi connectivity index (χ0v) is 19.2. The molecule has 0 bridgehead atoms. The average Bonchev–Trinajstić information content (AvgIpc) is 2.82. The maximum Gasteiger partial charge on any atom is 0.429 e. The Bertz CT molecular complexity index is 1440. The maximum atomic E-state index is 14.8. The number of hydrogen-bond acceptors (Lipinski definition) is 1. The number of alkyl halides is 2. The van der Waals surface area contributed by atoms with Crippen molar-refractivity contribution in [2.75, 3.05) is 0 Å². The second-order valence-electron chi connectivity index (χ2n) is 8.27. The Morgan fingerprint density at radius 3 is 1.81 bits per heavy atom. The molecule has 0 aliphatic carbocycles. The van der Waals surface area contributed by atoms with Crippen LogP contribution in [0.2, 0.25) is 0 Å². The van der Waals surface area contributed by atoms with Crippen molar-refractivity contribution < 1.29 is 39.9 Å². The third kappa shape index (κ3) is 5.45. The fraction of sp³-hybridized carbons (Fsp3) is 0.143. The summed E-state index contributed by atoms with van der Waals surface area (Å²) >= 11 is 0. The van der Waals surface area contributed by atoms with E-state index in [9.17, 15) is 35.1 Å². The zero-order chi connectivity index (χ0) is 26.9. The molecule has 9 heteroatoms. The van der Waals surface area contributed by atoms with Crippen LogP contribution in [0, 0.1) is 34.9 Å². The molecule has 0 aliphatic rings. The first kappa shape index (κ1) is 26.2.